The highest BCUT2D eigenvalue weighted by Gasteiger charge is 2.15. The minimum atomic E-state index is -0.515. The first kappa shape index (κ1) is 24.7. The zero-order valence-corrected chi connectivity index (χ0v) is 20.8. The molecule has 0 bridgehead atoms. The van der Waals surface area contributed by atoms with Crippen LogP contribution in [0.4, 0.5) is 11.4 Å². The van der Waals surface area contributed by atoms with E-state index >= 15 is 0 Å². The predicted molar refractivity (Wildman–Crippen MR) is 143 cm³/mol. The molecule has 10 heteroatoms. The van der Waals surface area contributed by atoms with Gasteiger partial charge in [0.05, 0.1) is 23.8 Å². The number of carbonyl (C=O) groups excluding carboxylic acids is 1. The summed E-state index contributed by atoms with van der Waals surface area (Å²) in [6.45, 7) is 4.88. The molecule has 0 atom stereocenters. The number of fused-ring (bicyclic) bond motifs is 1. The minimum Gasteiger partial charge on any atom is -0.494 e. The van der Waals surface area contributed by atoms with E-state index in [1.54, 1.807) is 6.07 Å². The van der Waals surface area contributed by atoms with Gasteiger partial charge in [0, 0.05) is 34.8 Å². The van der Waals surface area contributed by atoms with Gasteiger partial charge in [0.1, 0.15) is 5.75 Å². The van der Waals surface area contributed by atoms with Crippen molar-refractivity contribution in [3.05, 3.63) is 99.2 Å². The van der Waals surface area contributed by atoms with Crippen LogP contribution in [0.3, 0.4) is 0 Å². The van der Waals surface area contributed by atoms with E-state index in [1.807, 2.05) is 30.3 Å². The standard InChI is InChI=1S/C26H25N5O4S/c1-16-17(2)30(15-18-7-5-4-6-8-18)23-12-9-19(13-21(16)23)25(32)28-29-26(36)27-22-11-10-20(31(33)34)14-24(22)35-3/h4-14H,15H2,1-3H3,(H,28,32)(H2,27,29,36). The summed E-state index contributed by atoms with van der Waals surface area (Å²) in [5.41, 5.74) is 10.5. The normalized spacial score (nSPS) is 10.6. The summed E-state index contributed by atoms with van der Waals surface area (Å²) >= 11 is 5.25. The molecule has 1 heterocycles. The number of hydrazine groups is 1. The number of nitrogens with zero attached hydrogens (tertiary/aromatic N) is 2. The molecular weight excluding hydrogens is 478 g/mol. The summed E-state index contributed by atoms with van der Waals surface area (Å²) in [5, 5.41) is 14.9. The number of aryl methyl sites for hydroxylation is 1. The number of aromatic nitrogens is 1. The lowest BCUT2D eigenvalue weighted by molar-refractivity contribution is -0.384. The van der Waals surface area contributed by atoms with E-state index in [0.717, 1.165) is 28.7 Å². The fourth-order valence-electron chi connectivity index (χ4n) is 4.00. The molecule has 9 nitrogen and oxygen atoms in total. The van der Waals surface area contributed by atoms with Crippen LogP contribution < -0.4 is 20.9 Å². The van der Waals surface area contributed by atoms with Gasteiger partial charge in [-0.2, -0.15) is 0 Å². The van der Waals surface area contributed by atoms with E-state index in [4.69, 9.17) is 17.0 Å². The van der Waals surface area contributed by atoms with Crippen LogP contribution in [0.5, 0.6) is 5.75 Å². The van der Waals surface area contributed by atoms with Crippen molar-refractivity contribution in [2.24, 2.45) is 0 Å². The van der Waals surface area contributed by atoms with Crippen molar-refractivity contribution in [1.82, 2.24) is 15.4 Å². The van der Waals surface area contributed by atoms with E-state index < -0.39 is 4.92 Å². The number of methoxy groups -OCH3 is 1. The van der Waals surface area contributed by atoms with Crippen molar-refractivity contribution in [2.45, 2.75) is 20.4 Å². The van der Waals surface area contributed by atoms with Crippen molar-refractivity contribution in [2.75, 3.05) is 12.4 Å². The molecular formula is C26H25N5O4S. The topological polar surface area (TPSA) is 110 Å². The Morgan fingerprint density at radius 1 is 1.06 bits per heavy atom. The van der Waals surface area contributed by atoms with Gasteiger partial charge in [-0.25, -0.2) is 0 Å². The van der Waals surface area contributed by atoms with Crippen LogP contribution in [-0.2, 0) is 6.54 Å². The Kier molecular flexibility index (Phi) is 7.16. The Bertz CT molecular complexity index is 1470. The summed E-state index contributed by atoms with van der Waals surface area (Å²) in [4.78, 5) is 23.3. The number of nitrogens with one attached hydrogen (secondary N) is 3. The molecule has 0 unspecified atom stereocenters. The van der Waals surface area contributed by atoms with Crippen molar-refractivity contribution >= 4 is 45.5 Å². The van der Waals surface area contributed by atoms with Crippen molar-refractivity contribution in [3.63, 3.8) is 0 Å². The van der Waals surface area contributed by atoms with Crippen LogP contribution in [0.1, 0.15) is 27.2 Å². The number of nitro groups is 1. The lowest BCUT2D eigenvalue weighted by atomic mass is 10.1. The monoisotopic (exact) mass is 503 g/mol. The van der Waals surface area contributed by atoms with E-state index in [0.29, 0.717) is 11.3 Å². The van der Waals surface area contributed by atoms with Crippen molar-refractivity contribution in [1.29, 1.82) is 0 Å². The molecule has 0 fully saturated rings. The number of rotatable bonds is 6. The minimum absolute atomic E-state index is 0.0950. The summed E-state index contributed by atoms with van der Waals surface area (Å²) < 4.78 is 7.44. The Morgan fingerprint density at radius 2 is 1.81 bits per heavy atom. The van der Waals surface area contributed by atoms with Crippen LogP contribution in [0.15, 0.2) is 66.7 Å². The number of non-ortho nitro benzene ring substituents is 1. The summed E-state index contributed by atoms with van der Waals surface area (Å²) in [7, 11) is 1.40. The maximum Gasteiger partial charge on any atom is 0.273 e. The van der Waals surface area contributed by atoms with Crippen molar-refractivity contribution < 1.29 is 14.5 Å². The van der Waals surface area contributed by atoms with Gasteiger partial charge >= 0.3 is 0 Å². The van der Waals surface area contributed by atoms with Gasteiger partial charge in [0.25, 0.3) is 11.6 Å². The van der Waals surface area contributed by atoms with Crippen LogP contribution in [0.2, 0.25) is 0 Å². The van der Waals surface area contributed by atoms with Crippen molar-refractivity contribution in [3.8, 4) is 5.75 Å². The second-order valence-electron chi connectivity index (χ2n) is 8.19. The number of amides is 1. The van der Waals surface area contributed by atoms with Gasteiger partial charge < -0.3 is 14.6 Å². The van der Waals surface area contributed by atoms with E-state index in [1.165, 1.54) is 30.9 Å². The number of hydrogen-bond donors (Lipinski definition) is 3. The number of benzene rings is 3. The molecule has 0 spiro atoms. The quantitative estimate of drug-likeness (QED) is 0.196. The van der Waals surface area contributed by atoms with Crippen LogP contribution >= 0.6 is 12.2 Å². The maximum atomic E-state index is 12.8. The predicted octanol–water partition coefficient (Wildman–Crippen LogP) is 4.85. The highest BCUT2D eigenvalue weighted by atomic mass is 32.1. The first-order valence-corrected chi connectivity index (χ1v) is 11.5. The maximum absolute atomic E-state index is 12.8. The number of carbonyl (C=O) groups is 1. The third kappa shape index (κ3) is 5.13. The van der Waals surface area contributed by atoms with E-state index in [9.17, 15) is 14.9 Å². The van der Waals surface area contributed by atoms with E-state index in [2.05, 4.69) is 46.7 Å². The number of hydrogen-bond acceptors (Lipinski definition) is 5. The summed E-state index contributed by atoms with van der Waals surface area (Å²) in [6, 6.07) is 19.9. The third-order valence-corrected chi connectivity index (χ3v) is 6.22. The highest BCUT2D eigenvalue weighted by Crippen LogP contribution is 2.29. The molecule has 3 N–H and O–H groups in total. The number of anilines is 1. The van der Waals surface area contributed by atoms with Gasteiger partial charge in [0.15, 0.2) is 5.11 Å². The molecule has 0 saturated carbocycles. The van der Waals surface area contributed by atoms with Gasteiger partial charge in [-0.3, -0.25) is 25.8 Å². The molecule has 0 radical (unpaired) electrons. The van der Waals surface area contributed by atoms with Crippen LogP contribution in [0, 0.1) is 24.0 Å². The van der Waals surface area contributed by atoms with Gasteiger partial charge in [-0.1, -0.05) is 30.3 Å². The first-order valence-electron chi connectivity index (χ1n) is 11.1. The molecule has 0 aliphatic heterocycles. The molecule has 4 aromatic rings. The lowest BCUT2D eigenvalue weighted by Crippen LogP contribution is -2.43. The molecule has 1 amide bonds. The molecule has 3 aromatic carbocycles. The molecule has 36 heavy (non-hydrogen) atoms. The smallest absolute Gasteiger partial charge is 0.273 e. The lowest BCUT2D eigenvalue weighted by Gasteiger charge is -2.14. The Balaban J connectivity index is 1.45. The molecule has 0 aliphatic carbocycles. The second kappa shape index (κ2) is 10.4. The molecule has 0 aliphatic rings. The van der Waals surface area contributed by atoms with Crippen LogP contribution in [0.25, 0.3) is 10.9 Å². The zero-order chi connectivity index (χ0) is 25.8. The summed E-state index contributed by atoms with van der Waals surface area (Å²) in [5.74, 6) is -0.111. The second-order valence-corrected chi connectivity index (χ2v) is 8.60. The SMILES string of the molecule is COc1cc([N+](=O)[O-])ccc1NC(=S)NNC(=O)c1ccc2c(c1)c(C)c(C)n2Cc1ccccc1. The fraction of sp³-hybridized carbons (Fsp3) is 0.154. The Hall–Kier alpha value is -4.44. The number of ether oxygens (including phenoxy) is 1. The first-order chi connectivity index (χ1) is 17.3. The molecule has 1 aromatic heterocycles. The van der Waals surface area contributed by atoms with E-state index in [-0.39, 0.29) is 22.5 Å². The van der Waals surface area contributed by atoms with Gasteiger partial charge in [-0.15, -0.1) is 0 Å². The van der Waals surface area contributed by atoms with Crippen LogP contribution in [-0.4, -0.2) is 27.6 Å². The highest BCUT2D eigenvalue weighted by molar-refractivity contribution is 7.80. The zero-order valence-electron chi connectivity index (χ0n) is 20.0. The Labute approximate surface area is 213 Å². The third-order valence-electron chi connectivity index (χ3n) is 6.02. The molecule has 0 saturated heterocycles. The number of nitro benzene ring substituents is 1. The van der Waals surface area contributed by atoms with Gasteiger partial charge in [-0.05, 0) is 61.5 Å². The average Bonchev–Trinajstić information content (AvgIpc) is 3.12. The average molecular weight is 504 g/mol. The summed E-state index contributed by atoms with van der Waals surface area (Å²) in [6.07, 6.45) is 0. The fourth-order valence-corrected chi connectivity index (χ4v) is 4.16. The largest absolute Gasteiger partial charge is 0.494 e. The molecule has 4 rings (SSSR count). The Morgan fingerprint density at radius 3 is 2.50 bits per heavy atom. The number of thiocarbonyl (C=S) groups is 1. The van der Waals surface area contributed by atoms with Gasteiger partial charge in [0.2, 0.25) is 0 Å². The molecule has 184 valence electrons.